The Kier molecular flexibility index (Phi) is 5.08. The van der Waals surface area contributed by atoms with Gasteiger partial charge >= 0.3 is 0 Å². The van der Waals surface area contributed by atoms with Gasteiger partial charge in [-0.25, -0.2) is 9.97 Å². The molecule has 2 aromatic heterocycles. The van der Waals surface area contributed by atoms with Gasteiger partial charge in [0.25, 0.3) is 0 Å². The number of ether oxygens (including phenoxy) is 3. The summed E-state index contributed by atoms with van der Waals surface area (Å²) in [6.45, 7) is 4.96. The number of rotatable bonds is 6. The second kappa shape index (κ2) is 7.82. The first-order valence-corrected chi connectivity index (χ1v) is 9.09. The maximum absolute atomic E-state index is 5.49. The van der Waals surface area contributed by atoms with E-state index >= 15 is 0 Å². The highest BCUT2D eigenvalue weighted by Gasteiger charge is 2.19. The van der Waals surface area contributed by atoms with Crippen LogP contribution in [0.15, 0.2) is 42.9 Å². The molecule has 0 amide bonds. The van der Waals surface area contributed by atoms with E-state index in [1.165, 1.54) is 0 Å². The van der Waals surface area contributed by atoms with Crippen molar-refractivity contribution in [3.63, 3.8) is 0 Å². The maximum atomic E-state index is 5.49. The Labute approximate surface area is 163 Å². The first-order valence-electron chi connectivity index (χ1n) is 9.09. The van der Waals surface area contributed by atoms with Crippen molar-refractivity contribution in [2.24, 2.45) is 0 Å². The summed E-state index contributed by atoms with van der Waals surface area (Å²) in [6, 6.07) is 7.70. The maximum Gasteiger partial charge on any atom is 0.231 e. The Morgan fingerprint density at radius 3 is 2.64 bits per heavy atom. The summed E-state index contributed by atoms with van der Waals surface area (Å²) >= 11 is 0. The summed E-state index contributed by atoms with van der Waals surface area (Å²) in [5.41, 5.74) is 3.96. The normalized spacial score (nSPS) is 13.4. The molecular weight excluding hydrogens is 356 g/mol. The lowest BCUT2D eigenvalue weighted by Crippen LogP contribution is -2.20. The van der Waals surface area contributed by atoms with Gasteiger partial charge in [0.15, 0.2) is 17.3 Å². The molecule has 3 heterocycles. The molecule has 1 aliphatic heterocycles. The van der Waals surface area contributed by atoms with Crippen LogP contribution < -0.4 is 19.5 Å². The number of pyridine rings is 1. The molecule has 3 aromatic rings. The first-order chi connectivity index (χ1) is 13.7. The second-order valence-corrected chi connectivity index (χ2v) is 6.59. The second-order valence-electron chi connectivity index (χ2n) is 6.59. The van der Waals surface area contributed by atoms with Crippen LogP contribution in [-0.2, 0) is 6.54 Å². The molecule has 1 N–H and O–H groups in total. The number of nitrogens with one attached hydrogen (secondary N) is 1. The molecule has 1 aromatic carbocycles. The number of hydrogen-bond acceptors (Lipinski definition) is 7. The van der Waals surface area contributed by atoms with E-state index in [0.717, 1.165) is 33.9 Å². The molecule has 0 fully saturated rings. The third-order valence-corrected chi connectivity index (χ3v) is 4.80. The van der Waals surface area contributed by atoms with E-state index in [9.17, 15) is 0 Å². The van der Waals surface area contributed by atoms with Crippen molar-refractivity contribution < 1.29 is 14.2 Å². The molecule has 4 rings (SSSR count). The van der Waals surface area contributed by atoms with Crippen LogP contribution in [0.4, 0.5) is 0 Å². The van der Waals surface area contributed by atoms with E-state index < -0.39 is 0 Å². The lowest BCUT2D eigenvalue weighted by molar-refractivity contribution is 0.174. The zero-order valence-electron chi connectivity index (χ0n) is 16.1. The Morgan fingerprint density at radius 1 is 1.18 bits per heavy atom. The predicted molar refractivity (Wildman–Crippen MR) is 104 cm³/mol. The molecule has 1 aliphatic rings. The molecule has 1 atom stereocenters. The van der Waals surface area contributed by atoms with Crippen molar-refractivity contribution in [3.05, 3.63) is 59.7 Å². The number of nitrogens with zero attached hydrogens (tertiary/aromatic N) is 3. The van der Waals surface area contributed by atoms with Crippen LogP contribution in [0.1, 0.15) is 29.8 Å². The fraction of sp³-hybridized carbons (Fsp3) is 0.286. The third kappa shape index (κ3) is 3.61. The lowest BCUT2D eigenvalue weighted by Gasteiger charge is -2.18. The minimum absolute atomic E-state index is 0.0709. The molecule has 28 heavy (non-hydrogen) atoms. The van der Waals surface area contributed by atoms with Crippen LogP contribution in [0, 0.1) is 6.92 Å². The van der Waals surface area contributed by atoms with E-state index in [0.29, 0.717) is 18.1 Å². The third-order valence-electron chi connectivity index (χ3n) is 4.80. The first kappa shape index (κ1) is 18.2. The minimum Gasteiger partial charge on any atom is -0.496 e. The van der Waals surface area contributed by atoms with Crippen LogP contribution in [-0.4, -0.2) is 28.9 Å². The number of aryl methyl sites for hydroxylation is 1. The average molecular weight is 378 g/mol. The van der Waals surface area contributed by atoms with Gasteiger partial charge in [-0.15, -0.1) is 0 Å². The highest BCUT2D eigenvalue weighted by Crippen LogP contribution is 2.38. The number of hydrogen-bond donors (Lipinski definition) is 1. The predicted octanol–water partition coefficient (Wildman–Crippen LogP) is 3.44. The SMILES string of the molecule is COc1cc2c(cc1CNC(C)c1cnc(-c3ccncc3)nc1C)OCO2. The zero-order chi connectivity index (χ0) is 19.5. The molecule has 0 aliphatic carbocycles. The highest BCUT2D eigenvalue weighted by molar-refractivity contribution is 5.54. The van der Waals surface area contributed by atoms with E-state index in [-0.39, 0.29) is 12.8 Å². The molecule has 144 valence electrons. The highest BCUT2D eigenvalue weighted by atomic mass is 16.7. The van der Waals surface area contributed by atoms with Gasteiger partial charge in [0.2, 0.25) is 6.79 Å². The summed E-state index contributed by atoms with van der Waals surface area (Å²) in [5.74, 6) is 2.93. The van der Waals surface area contributed by atoms with E-state index in [1.807, 2.05) is 37.4 Å². The quantitative estimate of drug-likeness (QED) is 0.704. The lowest BCUT2D eigenvalue weighted by atomic mass is 10.1. The van der Waals surface area contributed by atoms with Crippen molar-refractivity contribution in [3.8, 4) is 28.6 Å². The minimum atomic E-state index is 0.0709. The molecule has 0 saturated carbocycles. The standard InChI is InChI=1S/C21H22N4O3/c1-13(17-11-24-21(25-14(17)2)15-4-6-22-7-5-15)23-10-16-8-19-20(28-12-27-19)9-18(16)26-3/h4-9,11,13,23H,10,12H2,1-3H3. The molecule has 1 unspecified atom stereocenters. The average Bonchev–Trinajstić information content (AvgIpc) is 3.19. The Balaban J connectivity index is 1.49. The van der Waals surface area contributed by atoms with Gasteiger partial charge in [0.05, 0.1) is 7.11 Å². The van der Waals surface area contributed by atoms with Crippen LogP contribution in [0.3, 0.4) is 0 Å². The molecule has 7 heteroatoms. The Morgan fingerprint density at radius 2 is 1.93 bits per heavy atom. The number of aromatic nitrogens is 3. The van der Waals surface area contributed by atoms with Crippen molar-refractivity contribution in [1.82, 2.24) is 20.3 Å². The Hall–Kier alpha value is -3.19. The van der Waals surface area contributed by atoms with Gasteiger partial charge in [-0.3, -0.25) is 4.98 Å². The smallest absolute Gasteiger partial charge is 0.231 e. The number of methoxy groups -OCH3 is 1. The molecule has 0 bridgehead atoms. The molecule has 7 nitrogen and oxygen atoms in total. The van der Waals surface area contributed by atoms with E-state index in [2.05, 4.69) is 27.2 Å². The number of fused-ring (bicyclic) bond motifs is 1. The summed E-state index contributed by atoms with van der Waals surface area (Å²) in [5, 5.41) is 3.51. The van der Waals surface area contributed by atoms with Gasteiger partial charge in [-0.1, -0.05) is 0 Å². The summed E-state index contributed by atoms with van der Waals surface area (Å²) < 4.78 is 16.4. The number of benzene rings is 1. The van der Waals surface area contributed by atoms with Crippen LogP contribution in [0.25, 0.3) is 11.4 Å². The van der Waals surface area contributed by atoms with E-state index in [4.69, 9.17) is 14.2 Å². The van der Waals surface area contributed by atoms with E-state index in [1.54, 1.807) is 19.5 Å². The fourth-order valence-electron chi connectivity index (χ4n) is 3.21. The van der Waals surface area contributed by atoms with Gasteiger partial charge in [0, 0.05) is 59.6 Å². The van der Waals surface area contributed by atoms with Crippen molar-refractivity contribution in [2.75, 3.05) is 13.9 Å². The monoisotopic (exact) mass is 378 g/mol. The largest absolute Gasteiger partial charge is 0.496 e. The molecule has 0 radical (unpaired) electrons. The Bertz CT molecular complexity index is 979. The molecule has 0 spiro atoms. The van der Waals surface area contributed by atoms with Crippen LogP contribution in [0.5, 0.6) is 17.2 Å². The summed E-state index contributed by atoms with van der Waals surface area (Å²) in [4.78, 5) is 13.2. The van der Waals surface area contributed by atoms with Crippen molar-refractivity contribution >= 4 is 0 Å². The van der Waals surface area contributed by atoms with Crippen molar-refractivity contribution in [1.29, 1.82) is 0 Å². The fourth-order valence-corrected chi connectivity index (χ4v) is 3.21. The van der Waals surface area contributed by atoms with Crippen molar-refractivity contribution in [2.45, 2.75) is 26.4 Å². The van der Waals surface area contributed by atoms with Gasteiger partial charge in [0.1, 0.15) is 5.75 Å². The van der Waals surface area contributed by atoms with Gasteiger partial charge in [-0.05, 0) is 32.0 Å². The van der Waals surface area contributed by atoms with Gasteiger partial charge in [-0.2, -0.15) is 0 Å². The topological polar surface area (TPSA) is 78.4 Å². The summed E-state index contributed by atoms with van der Waals surface area (Å²) in [7, 11) is 1.65. The summed E-state index contributed by atoms with van der Waals surface area (Å²) in [6.07, 6.45) is 5.36. The molecular formula is C21H22N4O3. The zero-order valence-corrected chi connectivity index (χ0v) is 16.1. The van der Waals surface area contributed by atoms with Gasteiger partial charge < -0.3 is 19.5 Å². The molecule has 0 saturated heterocycles. The van der Waals surface area contributed by atoms with Crippen LogP contribution >= 0.6 is 0 Å². The van der Waals surface area contributed by atoms with Crippen LogP contribution in [0.2, 0.25) is 0 Å².